The van der Waals surface area contributed by atoms with Crippen molar-refractivity contribution in [1.29, 1.82) is 0 Å². The van der Waals surface area contributed by atoms with Crippen LogP contribution in [-0.4, -0.2) is 40.7 Å². The first-order chi connectivity index (χ1) is 11.0. The van der Waals surface area contributed by atoms with Crippen molar-refractivity contribution in [3.63, 3.8) is 0 Å². The highest BCUT2D eigenvalue weighted by Crippen LogP contribution is 2.21. The van der Waals surface area contributed by atoms with Crippen molar-refractivity contribution in [1.82, 2.24) is 9.88 Å². The van der Waals surface area contributed by atoms with Crippen LogP contribution in [0.1, 0.15) is 39.3 Å². The van der Waals surface area contributed by atoms with E-state index in [1.807, 2.05) is 24.4 Å². The number of aliphatic hydroxyl groups is 1. The number of hydrogen-bond acceptors (Lipinski definition) is 3. The molecule has 1 saturated heterocycles. The highest BCUT2D eigenvalue weighted by molar-refractivity contribution is 5.07. The molecule has 0 aliphatic carbocycles. The Labute approximate surface area is 140 Å². The fourth-order valence-electron chi connectivity index (χ4n) is 3.05. The van der Waals surface area contributed by atoms with Gasteiger partial charge in [0.15, 0.2) is 0 Å². The number of hydrogen-bond donors (Lipinski definition) is 1. The summed E-state index contributed by atoms with van der Waals surface area (Å²) in [6.45, 7) is 9.16. The molecular formula is C20H30N2O. The van der Waals surface area contributed by atoms with Crippen molar-refractivity contribution in [2.24, 2.45) is 5.92 Å². The minimum atomic E-state index is -0.239. The molecule has 1 N–H and O–H groups in total. The molecule has 0 saturated carbocycles. The molecule has 2 heterocycles. The second-order valence-corrected chi connectivity index (χ2v) is 6.94. The Morgan fingerprint density at radius 2 is 2.09 bits per heavy atom. The van der Waals surface area contributed by atoms with E-state index in [1.54, 1.807) is 0 Å². The SMILES string of the molecule is CC(C)=CCCC(C)=CCN1C[C@@H](Cc2ccccn2)[C@H](O)C1. The van der Waals surface area contributed by atoms with Crippen LogP contribution in [-0.2, 0) is 6.42 Å². The Bertz CT molecular complexity index is 532. The summed E-state index contributed by atoms with van der Waals surface area (Å²) in [6.07, 6.45) is 9.30. The highest BCUT2D eigenvalue weighted by atomic mass is 16.3. The van der Waals surface area contributed by atoms with Gasteiger partial charge < -0.3 is 5.11 Å². The molecule has 0 bridgehead atoms. The van der Waals surface area contributed by atoms with Gasteiger partial charge in [-0.1, -0.05) is 29.4 Å². The zero-order valence-corrected chi connectivity index (χ0v) is 14.7. The monoisotopic (exact) mass is 314 g/mol. The molecule has 1 aromatic rings. The molecule has 1 aromatic heterocycles. The topological polar surface area (TPSA) is 36.4 Å². The Balaban J connectivity index is 1.78. The van der Waals surface area contributed by atoms with Crippen molar-refractivity contribution in [3.05, 3.63) is 53.4 Å². The molecule has 1 fully saturated rings. The highest BCUT2D eigenvalue weighted by Gasteiger charge is 2.30. The van der Waals surface area contributed by atoms with E-state index in [4.69, 9.17) is 0 Å². The lowest BCUT2D eigenvalue weighted by Gasteiger charge is -2.14. The van der Waals surface area contributed by atoms with E-state index in [0.717, 1.165) is 44.6 Å². The van der Waals surface area contributed by atoms with Crippen molar-refractivity contribution >= 4 is 0 Å². The first kappa shape index (κ1) is 17.9. The molecule has 2 atom stereocenters. The number of β-amino-alcohol motifs (C(OH)–C–C–N with tert-alkyl or cyclic N) is 1. The Morgan fingerprint density at radius 1 is 1.26 bits per heavy atom. The minimum Gasteiger partial charge on any atom is -0.391 e. The van der Waals surface area contributed by atoms with E-state index >= 15 is 0 Å². The molecule has 0 aromatic carbocycles. The van der Waals surface area contributed by atoms with Crippen LogP contribution in [0.2, 0.25) is 0 Å². The Kier molecular flexibility index (Phi) is 7.00. The van der Waals surface area contributed by atoms with Crippen molar-refractivity contribution in [2.45, 2.75) is 46.1 Å². The molecule has 2 rings (SSSR count). The van der Waals surface area contributed by atoms with E-state index in [-0.39, 0.29) is 6.10 Å². The lowest BCUT2D eigenvalue weighted by molar-refractivity contribution is 0.142. The summed E-state index contributed by atoms with van der Waals surface area (Å²) >= 11 is 0. The van der Waals surface area contributed by atoms with E-state index in [1.165, 1.54) is 11.1 Å². The number of pyridine rings is 1. The summed E-state index contributed by atoms with van der Waals surface area (Å²) in [6, 6.07) is 5.99. The smallest absolute Gasteiger partial charge is 0.0711 e. The van der Waals surface area contributed by atoms with Gasteiger partial charge in [-0.25, -0.2) is 0 Å². The predicted octanol–water partition coefficient (Wildman–Crippen LogP) is 3.61. The summed E-state index contributed by atoms with van der Waals surface area (Å²) in [5.74, 6) is 0.296. The average Bonchev–Trinajstić information content (AvgIpc) is 2.86. The maximum atomic E-state index is 10.3. The molecule has 1 aliphatic rings. The van der Waals surface area contributed by atoms with Crippen LogP contribution in [0.25, 0.3) is 0 Å². The van der Waals surface area contributed by atoms with Gasteiger partial charge in [-0.15, -0.1) is 0 Å². The molecule has 0 amide bonds. The van der Waals surface area contributed by atoms with Gasteiger partial charge in [-0.3, -0.25) is 9.88 Å². The van der Waals surface area contributed by atoms with Gasteiger partial charge in [0.2, 0.25) is 0 Å². The van der Waals surface area contributed by atoms with Crippen LogP contribution < -0.4 is 0 Å². The summed E-state index contributed by atoms with van der Waals surface area (Å²) in [5.41, 5.74) is 3.90. The number of allylic oxidation sites excluding steroid dienone is 3. The van der Waals surface area contributed by atoms with Gasteiger partial charge >= 0.3 is 0 Å². The molecule has 0 spiro atoms. The van der Waals surface area contributed by atoms with Crippen LogP contribution in [0.15, 0.2) is 47.7 Å². The van der Waals surface area contributed by atoms with Crippen molar-refractivity contribution in [2.75, 3.05) is 19.6 Å². The second-order valence-electron chi connectivity index (χ2n) is 6.94. The maximum absolute atomic E-state index is 10.3. The Hall–Kier alpha value is -1.45. The molecule has 23 heavy (non-hydrogen) atoms. The lowest BCUT2D eigenvalue weighted by Crippen LogP contribution is -2.22. The van der Waals surface area contributed by atoms with Crippen LogP contribution in [0.4, 0.5) is 0 Å². The third-order valence-electron chi connectivity index (χ3n) is 4.47. The maximum Gasteiger partial charge on any atom is 0.0711 e. The second kappa shape index (κ2) is 8.99. The number of aliphatic hydroxyl groups excluding tert-OH is 1. The van der Waals surface area contributed by atoms with E-state index in [0.29, 0.717) is 5.92 Å². The van der Waals surface area contributed by atoms with Gasteiger partial charge in [0.1, 0.15) is 0 Å². The molecular weight excluding hydrogens is 284 g/mol. The summed E-state index contributed by atoms with van der Waals surface area (Å²) in [7, 11) is 0. The summed E-state index contributed by atoms with van der Waals surface area (Å²) in [4.78, 5) is 6.73. The normalized spacial score (nSPS) is 22.3. The molecule has 1 aliphatic heterocycles. The zero-order valence-electron chi connectivity index (χ0n) is 14.7. The fourth-order valence-corrected chi connectivity index (χ4v) is 3.05. The third kappa shape index (κ3) is 6.28. The standard InChI is InChI=1S/C20H30N2O/c1-16(2)7-6-8-17(3)10-12-22-14-18(20(23)15-22)13-19-9-4-5-11-21-19/h4-5,7,9-11,18,20,23H,6,8,12-15H2,1-3H3/t18-,20-/m1/s1. The minimum absolute atomic E-state index is 0.239. The van der Waals surface area contributed by atoms with Crippen LogP contribution in [0.3, 0.4) is 0 Å². The van der Waals surface area contributed by atoms with E-state index < -0.39 is 0 Å². The van der Waals surface area contributed by atoms with Crippen LogP contribution in [0, 0.1) is 5.92 Å². The van der Waals surface area contributed by atoms with E-state index in [9.17, 15) is 5.11 Å². The van der Waals surface area contributed by atoms with Crippen molar-refractivity contribution < 1.29 is 5.11 Å². The number of nitrogens with zero attached hydrogens (tertiary/aromatic N) is 2. The molecule has 3 heteroatoms. The molecule has 3 nitrogen and oxygen atoms in total. The Morgan fingerprint density at radius 3 is 2.78 bits per heavy atom. The quantitative estimate of drug-likeness (QED) is 0.781. The van der Waals surface area contributed by atoms with Crippen molar-refractivity contribution in [3.8, 4) is 0 Å². The largest absolute Gasteiger partial charge is 0.391 e. The average molecular weight is 314 g/mol. The molecule has 126 valence electrons. The van der Waals surface area contributed by atoms with Gasteiger partial charge in [-0.2, -0.15) is 0 Å². The lowest BCUT2D eigenvalue weighted by atomic mass is 10.00. The van der Waals surface area contributed by atoms with Crippen LogP contribution in [0.5, 0.6) is 0 Å². The third-order valence-corrected chi connectivity index (χ3v) is 4.47. The van der Waals surface area contributed by atoms with Gasteiger partial charge in [0.25, 0.3) is 0 Å². The fraction of sp³-hybridized carbons (Fsp3) is 0.550. The van der Waals surface area contributed by atoms with E-state index in [2.05, 4.69) is 42.8 Å². The van der Waals surface area contributed by atoms with Gasteiger partial charge in [0, 0.05) is 37.4 Å². The number of rotatable bonds is 7. The van der Waals surface area contributed by atoms with Gasteiger partial charge in [-0.05, 0) is 52.2 Å². The summed E-state index contributed by atoms with van der Waals surface area (Å²) in [5, 5.41) is 10.3. The number of likely N-dealkylation sites (tertiary alicyclic amines) is 1. The predicted molar refractivity (Wildman–Crippen MR) is 96.3 cm³/mol. The zero-order chi connectivity index (χ0) is 16.7. The first-order valence-electron chi connectivity index (χ1n) is 8.64. The summed E-state index contributed by atoms with van der Waals surface area (Å²) < 4.78 is 0. The molecule has 0 unspecified atom stereocenters. The number of aromatic nitrogens is 1. The molecule has 0 radical (unpaired) electrons. The van der Waals surface area contributed by atoms with Crippen LogP contribution >= 0.6 is 0 Å². The van der Waals surface area contributed by atoms with Gasteiger partial charge in [0.05, 0.1) is 6.10 Å². The first-order valence-corrected chi connectivity index (χ1v) is 8.64.